The molecule has 4 nitrogen and oxygen atoms in total. The molecule has 0 fully saturated rings. The summed E-state index contributed by atoms with van der Waals surface area (Å²) in [6, 6.07) is 4.04. The maximum absolute atomic E-state index is 13.3. The van der Waals surface area contributed by atoms with Crippen LogP contribution < -0.4 is 5.73 Å². The summed E-state index contributed by atoms with van der Waals surface area (Å²) >= 11 is 0. The molecule has 0 saturated heterocycles. The Morgan fingerprint density at radius 1 is 1.24 bits per heavy atom. The predicted molar refractivity (Wildman–Crippen MR) is 61.3 cm³/mol. The van der Waals surface area contributed by atoms with Crippen LogP contribution in [0.25, 0.3) is 12.2 Å². The quantitative estimate of drug-likeness (QED) is 0.774. The van der Waals surface area contributed by atoms with Gasteiger partial charge in [-0.2, -0.15) is 0 Å². The summed E-state index contributed by atoms with van der Waals surface area (Å²) in [5.74, 6) is -2.32. The van der Waals surface area contributed by atoms with Crippen LogP contribution >= 0.6 is 0 Å². The first-order valence-electron chi connectivity index (χ1n) is 4.67. The summed E-state index contributed by atoms with van der Waals surface area (Å²) in [7, 11) is 0. The van der Waals surface area contributed by atoms with E-state index >= 15 is 0 Å². The van der Waals surface area contributed by atoms with Gasteiger partial charge in [0, 0.05) is 17.7 Å². The molecule has 88 valence electrons. The average Bonchev–Trinajstić information content (AvgIpc) is 2.26. The third kappa shape index (κ3) is 4.29. The molecule has 0 heterocycles. The lowest BCUT2D eigenvalue weighted by atomic mass is 10.1. The summed E-state index contributed by atoms with van der Waals surface area (Å²) in [5, 5.41) is 8.43. The Bertz CT molecular complexity index is 506. The molecule has 0 aliphatic carbocycles. The van der Waals surface area contributed by atoms with Crippen molar-refractivity contribution in [2.24, 2.45) is 5.73 Å². The molecular weight excluding hydrogens is 225 g/mol. The van der Waals surface area contributed by atoms with E-state index in [9.17, 15) is 14.0 Å². The highest BCUT2D eigenvalue weighted by molar-refractivity contribution is 5.90. The number of hydrogen-bond acceptors (Lipinski definition) is 2. The molecular formula is C12H10FNO3. The fourth-order valence-electron chi connectivity index (χ4n) is 1.13. The van der Waals surface area contributed by atoms with Crippen molar-refractivity contribution in [1.82, 2.24) is 0 Å². The number of rotatable bonds is 4. The largest absolute Gasteiger partial charge is 0.478 e. The first-order valence-corrected chi connectivity index (χ1v) is 4.67. The van der Waals surface area contributed by atoms with Gasteiger partial charge in [0.2, 0.25) is 5.91 Å². The minimum Gasteiger partial charge on any atom is -0.478 e. The van der Waals surface area contributed by atoms with Gasteiger partial charge in [0.25, 0.3) is 0 Å². The van der Waals surface area contributed by atoms with Crippen LogP contribution in [0.5, 0.6) is 0 Å². The van der Waals surface area contributed by atoms with E-state index in [0.717, 1.165) is 18.2 Å². The molecule has 3 N–H and O–H groups in total. The van der Waals surface area contributed by atoms with Gasteiger partial charge in [0.1, 0.15) is 5.82 Å². The molecule has 0 aliphatic rings. The smallest absolute Gasteiger partial charge is 0.328 e. The van der Waals surface area contributed by atoms with Crippen molar-refractivity contribution in [3.8, 4) is 0 Å². The van der Waals surface area contributed by atoms with Crippen LogP contribution in [-0.4, -0.2) is 17.0 Å². The minimum atomic E-state index is -1.16. The van der Waals surface area contributed by atoms with Crippen molar-refractivity contribution in [1.29, 1.82) is 0 Å². The number of benzene rings is 1. The number of nitrogens with two attached hydrogens (primary N) is 1. The summed E-state index contributed by atoms with van der Waals surface area (Å²) in [4.78, 5) is 20.8. The number of primary amides is 1. The molecule has 0 unspecified atom stereocenters. The van der Waals surface area contributed by atoms with Gasteiger partial charge in [0.05, 0.1) is 0 Å². The number of hydrogen-bond donors (Lipinski definition) is 2. The molecule has 0 atom stereocenters. The predicted octanol–water partition coefficient (Wildman–Crippen LogP) is 1.42. The van der Waals surface area contributed by atoms with Crippen LogP contribution in [0.4, 0.5) is 4.39 Å². The van der Waals surface area contributed by atoms with Crippen LogP contribution in [0.3, 0.4) is 0 Å². The highest BCUT2D eigenvalue weighted by Gasteiger charge is 2.00. The number of aliphatic carboxylic acids is 1. The number of amides is 1. The van der Waals surface area contributed by atoms with Gasteiger partial charge in [-0.25, -0.2) is 9.18 Å². The zero-order chi connectivity index (χ0) is 12.8. The second-order valence-electron chi connectivity index (χ2n) is 3.19. The zero-order valence-corrected chi connectivity index (χ0v) is 8.76. The number of carbonyl (C=O) groups excluding carboxylic acids is 1. The van der Waals surface area contributed by atoms with Crippen molar-refractivity contribution in [2.75, 3.05) is 0 Å². The molecule has 5 heteroatoms. The number of halogens is 1. The Hall–Kier alpha value is -2.43. The van der Waals surface area contributed by atoms with Gasteiger partial charge in [-0.05, 0) is 29.8 Å². The molecule has 0 radical (unpaired) electrons. The van der Waals surface area contributed by atoms with Gasteiger partial charge < -0.3 is 10.8 Å². The van der Waals surface area contributed by atoms with E-state index in [1.807, 2.05) is 0 Å². The van der Waals surface area contributed by atoms with E-state index < -0.39 is 17.7 Å². The Morgan fingerprint density at radius 2 is 1.94 bits per heavy atom. The van der Waals surface area contributed by atoms with Gasteiger partial charge in [-0.1, -0.05) is 6.07 Å². The zero-order valence-electron chi connectivity index (χ0n) is 8.76. The number of carboxylic acids is 1. The van der Waals surface area contributed by atoms with Gasteiger partial charge in [0.15, 0.2) is 0 Å². The second kappa shape index (κ2) is 5.60. The topological polar surface area (TPSA) is 80.4 Å². The Kier molecular flexibility index (Phi) is 4.16. The fourth-order valence-corrected chi connectivity index (χ4v) is 1.13. The Balaban J connectivity index is 3.02. The third-order valence-corrected chi connectivity index (χ3v) is 1.87. The normalized spacial score (nSPS) is 11.1. The SMILES string of the molecule is NC(=O)C=Cc1ccc(F)c(/C=C/C(=O)O)c1. The molecule has 0 saturated carbocycles. The monoisotopic (exact) mass is 235 g/mol. The van der Waals surface area contributed by atoms with E-state index in [4.69, 9.17) is 10.8 Å². The molecule has 1 aromatic carbocycles. The summed E-state index contributed by atoms with van der Waals surface area (Å²) in [6.45, 7) is 0. The van der Waals surface area contributed by atoms with Crippen molar-refractivity contribution in [2.45, 2.75) is 0 Å². The standard InChI is InChI=1S/C12H10FNO3/c13-10-4-1-8(2-5-11(14)15)7-9(10)3-6-12(16)17/h1-7H,(H2,14,15)(H,16,17)/b5-2?,6-3+. The van der Waals surface area contributed by atoms with Crippen LogP contribution in [0.2, 0.25) is 0 Å². The summed E-state index contributed by atoms with van der Waals surface area (Å²) < 4.78 is 13.3. The molecule has 0 aliphatic heterocycles. The van der Waals surface area contributed by atoms with E-state index in [-0.39, 0.29) is 5.56 Å². The Labute approximate surface area is 96.9 Å². The lowest BCUT2D eigenvalue weighted by Crippen LogP contribution is -2.05. The average molecular weight is 235 g/mol. The van der Waals surface area contributed by atoms with Crippen LogP contribution in [0.1, 0.15) is 11.1 Å². The van der Waals surface area contributed by atoms with Gasteiger partial charge in [-0.15, -0.1) is 0 Å². The van der Waals surface area contributed by atoms with E-state index in [1.165, 1.54) is 24.3 Å². The Morgan fingerprint density at radius 3 is 2.53 bits per heavy atom. The van der Waals surface area contributed by atoms with E-state index in [1.54, 1.807) is 0 Å². The number of carboxylic acid groups (broad SMARTS) is 1. The maximum Gasteiger partial charge on any atom is 0.328 e. The lowest BCUT2D eigenvalue weighted by Gasteiger charge is -1.98. The van der Waals surface area contributed by atoms with Crippen molar-refractivity contribution >= 4 is 24.0 Å². The summed E-state index contributed by atoms with van der Waals surface area (Å²) in [5.41, 5.74) is 5.59. The maximum atomic E-state index is 13.3. The molecule has 0 spiro atoms. The minimum absolute atomic E-state index is 0.124. The van der Waals surface area contributed by atoms with Crippen molar-refractivity contribution in [3.63, 3.8) is 0 Å². The molecule has 1 amide bonds. The molecule has 1 rings (SSSR count). The van der Waals surface area contributed by atoms with Crippen LogP contribution in [-0.2, 0) is 9.59 Å². The third-order valence-electron chi connectivity index (χ3n) is 1.87. The highest BCUT2D eigenvalue weighted by Crippen LogP contribution is 2.13. The summed E-state index contributed by atoms with van der Waals surface area (Å²) in [6.07, 6.45) is 4.52. The number of carbonyl (C=O) groups is 2. The van der Waals surface area contributed by atoms with Crippen molar-refractivity contribution < 1.29 is 19.1 Å². The van der Waals surface area contributed by atoms with Crippen molar-refractivity contribution in [3.05, 3.63) is 47.3 Å². The van der Waals surface area contributed by atoms with Crippen LogP contribution in [0.15, 0.2) is 30.4 Å². The second-order valence-corrected chi connectivity index (χ2v) is 3.19. The van der Waals surface area contributed by atoms with E-state index in [0.29, 0.717) is 5.56 Å². The first kappa shape index (κ1) is 12.6. The van der Waals surface area contributed by atoms with Gasteiger partial charge in [-0.3, -0.25) is 4.79 Å². The molecule has 0 bridgehead atoms. The first-order chi connectivity index (χ1) is 7.99. The molecule has 0 aromatic heterocycles. The molecule has 17 heavy (non-hydrogen) atoms. The lowest BCUT2D eigenvalue weighted by molar-refractivity contribution is -0.131. The van der Waals surface area contributed by atoms with Gasteiger partial charge >= 0.3 is 5.97 Å². The fraction of sp³-hybridized carbons (Fsp3) is 0. The van der Waals surface area contributed by atoms with Crippen LogP contribution in [0, 0.1) is 5.82 Å². The van der Waals surface area contributed by atoms with E-state index in [2.05, 4.69) is 0 Å². The molecule has 1 aromatic rings. The highest BCUT2D eigenvalue weighted by atomic mass is 19.1.